The lowest BCUT2D eigenvalue weighted by molar-refractivity contribution is -0.116. The number of esters is 1. The molecule has 2 aromatic carbocycles. The largest absolute Gasteiger partial charge is 0.497 e. The van der Waals surface area contributed by atoms with Gasteiger partial charge >= 0.3 is 5.97 Å². The first-order valence-corrected chi connectivity index (χ1v) is 9.15. The van der Waals surface area contributed by atoms with E-state index in [1.165, 1.54) is 26.4 Å². The first kappa shape index (κ1) is 21.9. The van der Waals surface area contributed by atoms with Crippen molar-refractivity contribution in [3.8, 4) is 11.5 Å². The SMILES string of the molecule is COc1cc(OC)cc(C(=O)OCC(=O)c2ccc(NC(=O)CC(C)C)cc2)c1. The minimum atomic E-state index is -0.659. The fraction of sp³-hybridized carbons (Fsp3) is 0.318. The molecular formula is C22H25NO6. The van der Waals surface area contributed by atoms with E-state index in [0.29, 0.717) is 29.2 Å². The van der Waals surface area contributed by atoms with Crippen molar-refractivity contribution in [2.24, 2.45) is 5.92 Å². The highest BCUT2D eigenvalue weighted by Gasteiger charge is 2.14. The topological polar surface area (TPSA) is 90.9 Å². The summed E-state index contributed by atoms with van der Waals surface area (Å²) in [5.41, 5.74) is 1.20. The predicted molar refractivity (Wildman–Crippen MR) is 109 cm³/mol. The summed E-state index contributed by atoms with van der Waals surface area (Å²) in [7, 11) is 2.95. The van der Waals surface area contributed by atoms with Crippen LogP contribution in [0.3, 0.4) is 0 Å². The van der Waals surface area contributed by atoms with Gasteiger partial charge in [0.1, 0.15) is 11.5 Å². The summed E-state index contributed by atoms with van der Waals surface area (Å²) in [6.45, 7) is 3.52. The number of ketones is 1. The molecule has 1 N–H and O–H groups in total. The number of ether oxygens (including phenoxy) is 3. The van der Waals surface area contributed by atoms with Crippen LogP contribution in [0.1, 0.15) is 41.0 Å². The van der Waals surface area contributed by atoms with Gasteiger partial charge in [-0.2, -0.15) is 0 Å². The quantitative estimate of drug-likeness (QED) is 0.510. The van der Waals surface area contributed by atoms with Gasteiger partial charge in [0.15, 0.2) is 12.4 Å². The molecule has 0 radical (unpaired) electrons. The van der Waals surface area contributed by atoms with Crippen molar-refractivity contribution in [1.82, 2.24) is 0 Å². The smallest absolute Gasteiger partial charge is 0.338 e. The molecule has 0 saturated heterocycles. The summed E-state index contributed by atoms with van der Waals surface area (Å²) in [6, 6.07) is 11.1. The minimum Gasteiger partial charge on any atom is -0.497 e. The zero-order chi connectivity index (χ0) is 21.4. The number of rotatable bonds is 9. The van der Waals surface area contributed by atoms with Gasteiger partial charge in [0.25, 0.3) is 0 Å². The summed E-state index contributed by atoms with van der Waals surface area (Å²) in [4.78, 5) is 36.3. The molecule has 0 heterocycles. The first-order chi connectivity index (χ1) is 13.8. The molecule has 0 spiro atoms. The maximum Gasteiger partial charge on any atom is 0.338 e. The van der Waals surface area contributed by atoms with E-state index in [-0.39, 0.29) is 23.2 Å². The Hall–Kier alpha value is -3.35. The predicted octanol–water partition coefficient (Wildman–Crippen LogP) is 3.73. The third kappa shape index (κ3) is 6.64. The Labute approximate surface area is 170 Å². The van der Waals surface area contributed by atoms with Gasteiger partial charge in [-0.3, -0.25) is 9.59 Å². The Morgan fingerprint density at radius 3 is 2.00 bits per heavy atom. The maximum absolute atomic E-state index is 12.3. The molecule has 0 atom stereocenters. The molecule has 7 heteroatoms. The summed E-state index contributed by atoms with van der Waals surface area (Å²) >= 11 is 0. The molecule has 0 saturated carbocycles. The van der Waals surface area contributed by atoms with Crippen molar-refractivity contribution in [2.45, 2.75) is 20.3 Å². The lowest BCUT2D eigenvalue weighted by atomic mass is 10.1. The second-order valence-electron chi connectivity index (χ2n) is 6.82. The van der Waals surface area contributed by atoms with Crippen molar-refractivity contribution < 1.29 is 28.6 Å². The molecule has 0 aliphatic carbocycles. The van der Waals surface area contributed by atoms with Crippen LogP contribution in [-0.4, -0.2) is 38.5 Å². The molecule has 7 nitrogen and oxygen atoms in total. The van der Waals surface area contributed by atoms with Crippen molar-refractivity contribution in [2.75, 3.05) is 26.1 Å². The van der Waals surface area contributed by atoms with Gasteiger partial charge in [-0.05, 0) is 42.3 Å². The van der Waals surface area contributed by atoms with Crippen LogP contribution >= 0.6 is 0 Å². The zero-order valence-corrected chi connectivity index (χ0v) is 17.0. The number of methoxy groups -OCH3 is 2. The molecule has 0 unspecified atom stereocenters. The normalized spacial score (nSPS) is 10.4. The van der Waals surface area contributed by atoms with Crippen molar-refractivity contribution in [3.63, 3.8) is 0 Å². The Bertz CT molecular complexity index is 851. The Morgan fingerprint density at radius 1 is 0.897 bits per heavy atom. The molecule has 0 aliphatic rings. The second kappa shape index (κ2) is 10.3. The van der Waals surface area contributed by atoms with Crippen LogP contribution in [0.5, 0.6) is 11.5 Å². The third-order valence-corrected chi connectivity index (χ3v) is 4.01. The highest BCUT2D eigenvalue weighted by atomic mass is 16.5. The van der Waals surface area contributed by atoms with E-state index in [1.54, 1.807) is 30.3 Å². The summed E-state index contributed by atoms with van der Waals surface area (Å²) in [5.74, 6) is 0.0497. The molecule has 154 valence electrons. The van der Waals surface area contributed by atoms with Crippen LogP contribution in [0.4, 0.5) is 5.69 Å². The average molecular weight is 399 g/mol. The van der Waals surface area contributed by atoms with Gasteiger partial charge in [0.05, 0.1) is 19.8 Å². The van der Waals surface area contributed by atoms with E-state index in [4.69, 9.17) is 14.2 Å². The molecular weight excluding hydrogens is 374 g/mol. The molecule has 29 heavy (non-hydrogen) atoms. The van der Waals surface area contributed by atoms with Crippen LogP contribution in [0.2, 0.25) is 0 Å². The van der Waals surface area contributed by atoms with Gasteiger partial charge in [0, 0.05) is 23.7 Å². The molecule has 2 rings (SSSR count). The number of carbonyl (C=O) groups is 3. The van der Waals surface area contributed by atoms with Crippen LogP contribution in [0, 0.1) is 5.92 Å². The Kier molecular flexibility index (Phi) is 7.77. The fourth-order valence-electron chi connectivity index (χ4n) is 2.55. The highest BCUT2D eigenvalue weighted by molar-refractivity contribution is 6.00. The number of benzene rings is 2. The van der Waals surface area contributed by atoms with E-state index in [0.717, 1.165) is 0 Å². The number of hydrogen-bond acceptors (Lipinski definition) is 6. The molecule has 1 amide bonds. The van der Waals surface area contributed by atoms with Crippen molar-refractivity contribution >= 4 is 23.3 Å². The molecule has 0 aliphatic heterocycles. The zero-order valence-electron chi connectivity index (χ0n) is 17.0. The van der Waals surface area contributed by atoms with E-state index in [9.17, 15) is 14.4 Å². The van der Waals surface area contributed by atoms with Crippen LogP contribution < -0.4 is 14.8 Å². The van der Waals surface area contributed by atoms with E-state index < -0.39 is 12.6 Å². The number of Topliss-reactive ketones (excluding diaryl/α,β-unsaturated/α-hetero) is 1. The molecule has 0 aromatic heterocycles. The highest BCUT2D eigenvalue weighted by Crippen LogP contribution is 2.23. The summed E-state index contributed by atoms with van der Waals surface area (Å²) in [6.07, 6.45) is 0.422. The van der Waals surface area contributed by atoms with Crippen molar-refractivity contribution in [1.29, 1.82) is 0 Å². The van der Waals surface area contributed by atoms with Gasteiger partial charge in [0.2, 0.25) is 5.91 Å². The molecule has 0 fully saturated rings. The summed E-state index contributed by atoms with van der Waals surface area (Å²) in [5, 5.41) is 2.77. The van der Waals surface area contributed by atoms with Crippen molar-refractivity contribution in [3.05, 3.63) is 53.6 Å². The van der Waals surface area contributed by atoms with Gasteiger partial charge in [-0.25, -0.2) is 4.79 Å². The van der Waals surface area contributed by atoms with Crippen LogP contribution in [-0.2, 0) is 9.53 Å². The standard InChI is InChI=1S/C22H25NO6/c1-14(2)9-21(25)23-17-7-5-15(6-8-17)20(24)13-29-22(26)16-10-18(27-3)12-19(11-16)28-4/h5-8,10-12,14H,9,13H2,1-4H3,(H,23,25). The number of anilines is 1. The lowest BCUT2D eigenvalue weighted by Gasteiger charge is -2.09. The molecule has 2 aromatic rings. The first-order valence-electron chi connectivity index (χ1n) is 9.15. The monoisotopic (exact) mass is 399 g/mol. The Morgan fingerprint density at radius 2 is 1.48 bits per heavy atom. The minimum absolute atomic E-state index is 0.0817. The fourth-order valence-corrected chi connectivity index (χ4v) is 2.55. The maximum atomic E-state index is 12.3. The van der Waals surface area contributed by atoms with E-state index >= 15 is 0 Å². The lowest BCUT2D eigenvalue weighted by Crippen LogP contribution is -2.15. The van der Waals surface area contributed by atoms with Gasteiger partial charge in [-0.15, -0.1) is 0 Å². The number of amides is 1. The second-order valence-corrected chi connectivity index (χ2v) is 6.82. The number of carbonyl (C=O) groups excluding carboxylic acids is 3. The Balaban J connectivity index is 1.95. The van der Waals surface area contributed by atoms with Crippen LogP contribution in [0.15, 0.2) is 42.5 Å². The van der Waals surface area contributed by atoms with Gasteiger partial charge in [-0.1, -0.05) is 13.8 Å². The third-order valence-electron chi connectivity index (χ3n) is 4.01. The number of nitrogens with one attached hydrogen (secondary N) is 1. The number of hydrogen-bond donors (Lipinski definition) is 1. The van der Waals surface area contributed by atoms with Gasteiger partial charge < -0.3 is 19.5 Å². The average Bonchev–Trinajstić information content (AvgIpc) is 2.71. The summed E-state index contributed by atoms with van der Waals surface area (Å²) < 4.78 is 15.3. The molecule has 0 bridgehead atoms. The van der Waals surface area contributed by atoms with E-state index in [1.807, 2.05) is 13.8 Å². The van der Waals surface area contributed by atoms with E-state index in [2.05, 4.69) is 5.32 Å². The van der Waals surface area contributed by atoms with Crippen LogP contribution in [0.25, 0.3) is 0 Å².